The van der Waals surface area contributed by atoms with E-state index in [1.54, 1.807) is 11.8 Å². The topological polar surface area (TPSA) is 195 Å². The highest BCUT2D eigenvalue weighted by atomic mass is 32.2. The Balaban J connectivity index is 1.33. The second kappa shape index (κ2) is 16.2. The number of carbonyl (C=O) groups excluding carboxylic acids is 3. The SMILES string of the molecule is C[C@@H](O)[C@H]1C(=O)N2C(C(=O)OCc3ccc([N+](=O)[O-])cc3)=C(S[C@H]3C[C@@H](COCCN(C)C)N(C(=O)OCc4ccc([N+](=O)[O-])cc4)C3)[C@H](C)[C@H]12. The first-order chi connectivity index (χ1) is 24.3. The number of likely N-dealkylation sites (tertiary alicyclic amines) is 1. The quantitative estimate of drug-likeness (QED) is 0.0918. The third-order valence-electron chi connectivity index (χ3n) is 9.23. The van der Waals surface area contributed by atoms with Crippen LogP contribution in [0.2, 0.25) is 0 Å². The van der Waals surface area contributed by atoms with E-state index in [1.807, 2.05) is 25.9 Å². The van der Waals surface area contributed by atoms with Gasteiger partial charge in [-0.05, 0) is 62.8 Å². The van der Waals surface area contributed by atoms with Crippen LogP contribution >= 0.6 is 11.8 Å². The van der Waals surface area contributed by atoms with E-state index >= 15 is 0 Å². The van der Waals surface area contributed by atoms with E-state index in [-0.39, 0.29) is 66.6 Å². The Morgan fingerprint density at radius 2 is 1.57 bits per heavy atom. The maximum absolute atomic E-state index is 13.7. The number of esters is 1. The third-order valence-corrected chi connectivity index (χ3v) is 10.7. The highest BCUT2D eigenvalue weighted by Crippen LogP contribution is 2.52. The molecule has 51 heavy (non-hydrogen) atoms. The van der Waals surface area contributed by atoms with Gasteiger partial charge in [0.05, 0.1) is 47.2 Å². The summed E-state index contributed by atoms with van der Waals surface area (Å²) in [4.78, 5) is 67.0. The molecule has 3 aliphatic rings. The lowest BCUT2D eigenvalue weighted by molar-refractivity contribution is -0.385. The standard InChI is InChI=1S/C34H41N5O11S/c1-20-29-28(21(2)40)32(41)37(29)30(33(42)49-17-22-5-9-24(10-6-22)38(44)45)31(20)51-27-15-26(19-48-14-13-35(3)4)36(16-27)34(43)50-18-23-7-11-25(12-8-23)39(46)47/h5-12,20-21,26-29,40H,13-19H2,1-4H3/t20-,21-,26+,27+,28-,29-/m1/s1. The van der Waals surface area contributed by atoms with Crippen LogP contribution in [0.15, 0.2) is 59.1 Å². The summed E-state index contributed by atoms with van der Waals surface area (Å²) in [7, 11) is 3.85. The lowest BCUT2D eigenvalue weighted by Gasteiger charge is -2.46. The number of ether oxygens (including phenoxy) is 3. The molecule has 274 valence electrons. The summed E-state index contributed by atoms with van der Waals surface area (Å²) in [6.07, 6.45) is -1.01. The Hall–Kier alpha value is -4.58. The summed E-state index contributed by atoms with van der Waals surface area (Å²) in [5, 5.41) is 32.2. The number of aliphatic hydroxyl groups excluding tert-OH is 1. The van der Waals surface area contributed by atoms with Gasteiger partial charge in [-0.2, -0.15) is 0 Å². The number of β-lactam (4-membered cyclic amide) rings is 1. The van der Waals surface area contributed by atoms with Gasteiger partial charge < -0.3 is 34.0 Å². The van der Waals surface area contributed by atoms with Crippen molar-refractivity contribution in [2.75, 3.05) is 40.4 Å². The first kappa shape index (κ1) is 37.7. The molecule has 2 aromatic carbocycles. The van der Waals surface area contributed by atoms with E-state index in [1.165, 1.54) is 65.2 Å². The molecule has 2 fully saturated rings. The first-order valence-electron chi connectivity index (χ1n) is 16.5. The van der Waals surface area contributed by atoms with E-state index < -0.39 is 40.0 Å². The zero-order chi connectivity index (χ0) is 37.0. The molecule has 0 radical (unpaired) electrons. The normalized spacial score (nSPS) is 23.3. The number of thioether (sulfide) groups is 1. The van der Waals surface area contributed by atoms with Gasteiger partial charge in [0.1, 0.15) is 18.9 Å². The second-order valence-electron chi connectivity index (χ2n) is 13.1. The summed E-state index contributed by atoms with van der Waals surface area (Å²) < 4.78 is 17.2. The van der Waals surface area contributed by atoms with Gasteiger partial charge >= 0.3 is 12.1 Å². The fourth-order valence-corrected chi connectivity index (χ4v) is 8.09. The number of nitro groups is 2. The van der Waals surface area contributed by atoms with Crippen LogP contribution < -0.4 is 0 Å². The predicted molar refractivity (Wildman–Crippen MR) is 184 cm³/mol. The molecule has 1 N–H and O–H groups in total. The maximum Gasteiger partial charge on any atom is 0.410 e. The Morgan fingerprint density at radius 1 is 1.00 bits per heavy atom. The lowest BCUT2D eigenvalue weighted by atomic mass is 9.79. The number of benzene rings is 2. The van der Waals surface area contributed by atoms with Crippen molar-refractivity contribution in [3.8, 4) is 0 Å². The highest BCUT2D eigenvalue weighted by Gasteiger charge is 2.60. The Kier molecular flexibility index (Phi) is 12.0. The minimum Gasteiger partial charge on any atom is -0.456 e. The van der Waals surface area contributed by atoms with Crippen molar-refractivity contribution >= 4 is 41.1 Å². The van der Waals surface area contributed by atoms with Crippen molar-refractivity contribution in [3.05, 3.63) is 90.5 Å². The molecule has 0 aliphatic carbocycles. The maximum atomic E-state index is 13.7. The molecular weight excluding hydrogens is 686 g/mol. The molecule has 0 spiro atoms. The van der Waals surface area contributed by atoms with Gasteiger partial charge in [0.15, 0.2) is 0 Å². The number of likely N-dealkylation sites (N-methyl/N-ethyl adjacent to an activating group) is 1. The molecule has 0 bridgehead atoms. The second-order valence-corrected chi connectivity index (χ2v) is 14.4. The predicted octanol–water partition coefficient (Wildman–Crippen LogP) is 3.71. The van der Waals surface area contributed by atoms with Gasteiger partial charge in [-0.15, -0.1) is 11.8 Å². The average molecular weight is 728 g/mol. The molecule has 17 heteroatoms. The van der Waals surface area contributed by atoms with Crippen molar-refractivity contribution in [1.82, 2.24) is 14.7 Å². The zero-order valence-electron chi connectivity index (χ0n) is 28.7. The van der Waals surface area contributed by atoms with Gasteiger partial charge in [-0.25, -0.2) is 9.59 Å². The molecule has 2 aromatic rings. The lowest BCUT2D eigenvalue weighted by Crippen LogP contribution is -2.63. The van der Waals surface area contributed by atoms with Crippen molar-refractivity contribution < 1.29 is 43.5 Å². The Labute approximate surface area is 298 Å². The molecule has 0 aromatic heterocycles. The van der Waals surface area contributed by atoms with Crippen molar-refractivity contribution in [2.24, 2.45) is 11.8 Å². The zero-order valence-corrected chi connectivity index (χ0v) is 29.5. The van der Waals surface area contributed by atoms with E-state index in [4.69, 9.17) is 14.2 Å². The molecule has 6 atom stereocenters. The van der Waals surface area contributed by atoms with Crippen LogP contribution in [-0.4, -0.2) is 111 Å². The number of rotatable bonds is 15. The molecule has 2 amide bonds. The van der Waals surface area contributed by atoms with Crippen LogP contribution in [0.25, 0.3) is 0 Å². The van der Waals surface area contributed by atoms with Crippen LogP contribution in [0.4, 0.5) is 16.2 Å². The van der Waals surface area contributed by atoms with Gasteiger partial charge in [0.2, 0.25) is 5.91 Å². The Morgan fingerprint density at radius 3 is 2.10 bits per heavy atom. The molecule has 0 saturated carbocycles. The summed E-state index contributed by atoms with van der Waals surface area (Å²) in [5.74, 6) is -2.12. The first-order valence-corrected chi connectivity index (χ1v) is 17.4. The number of aliphatic hydroxyl groups is 1. The largest absolute Gasteiger partial charge is 0.456 e. The van der Waals surface area contributed by atoms with Gasteiger partial charge in [0.25, 0.3) is 11.4 Å². The number of non-ortho nitro benzene ring substituents is 2. The van der Waals surface area contributed by atoms with E-state index in [0.29, 0.717) is 35.6 Å². The van der Waals surface area contributed by atoms with Crippen LogP contribution in [0.5, 0.6) is 0 Å². The fourth-order valence-electron chi connectivity index (χ4n) is 6.53. The highest BCUT2D eigenvalue weighted by molar-refractivity contribution is 8.03. The molecule has 2 saturated heterocycles. The number of carbonyl (C=O) groups is 3. The van der Waals surface area contributed by atoms with E-state index in [2.05, 4.69) is 0 Å². The van der Waals surface area contributed by atoms with Crippen molar-refractivity contribution in [2.45, 2.75) is 56.9 Å². The Bertz CT molecular complexity index is 1670. The summed E-state index contributed by atoms with van der Waals surface area (Å²) in [6, 6.07) is 10.5. The molecule has 3 heterocycles. The van der Waals surface area contributed by atoms with Crippen LogP contribution in [0.3, 0.4) is 0 Å². The number of fused-ring (bicyclic) bond motifs is 1. The smallest absolute Gasteiger partial charge is 0.410 e. The fraction of sp³-hybridized carbons (Fsp3) is 0.500. The molecule has 5 rings (SSSR count). The number of amides is 2. The number of hydrogen-bond donors (Lipinski definition) is 1. The van der Waals surface area contributed by atoms with E-state index in [0.717, 1.165) is 0 Å². The minimum absolute atomic E-state index is 0.0734. The van der Waals surface area contributed by atoms with E-state index in [9.17, 15) is 39.7 Å². The summed E-state index contributed by atoms with van der Waals surface area (Å²) in [5.41, 5.74) is 1.03. The average Bonchev–Trinajstić information content (AvgIpc) is 3.60. The van der Waals surface area contributed by atoms with Crippen LogP contribution in [-0.2, 0) is 37.0 Å². The van der Waals surface area contributed by atoms with Crippen LogP contribution in [0, 0.1) is 32.1 Å². The third kappa shape index (κ3) is 8.49. The molecule has 3 aliphatic heterocycles. The van der Waals surface area contributed by atoms with Gasteiger partial charge in [0, 0.05) is 53.4 Å². The molecule has 16 nitrogen and oxygen atoms in total. The van der Waals surface area contributed by atoms with Crippen molar-refractivity contribution in [3.63, 3.8) is 0 Å². The summed E-state index contributed by atoms with van der Waals surface area (Å²) >= 11 is 1.39. The monoisotopic (exact) mass is 727 g/mol. The molecular formula is C34H41N5O11S. The number of nitrogens with zero attached hydrogens (tertiary/aromatic N) is 5. The molecule has 0 unspecified atom stereocenters. The number of nitro benzene ring substituents is 2. The summed E-state index contributed by atoms with van der Waals surface area (Å²) in [6.45, 7) is 4.79. The van der Waals surface area contributed by atoms with Gasteiger partial charge in [-0.1, -0.05) is 6.92 Å². The van der Waals surface area contributed by atoms with Gasteiger partial charge in [-0.3, -0.25) is 25.0 Å². The number of hydrogen-bond acceptors (Lipinski definition) is 13. The minimum atomic E-state index is -0.931. The van der Waals surface area contributed by atoms with Crippen molar-refractivity contribution in [1.29, 1.82) is 0 Å². The van der Waals surface area contributed by atoms with Crippen LogP contribution in [0.1, 0.15) is 31.4 Å².